The lowest BCUT2D eigenvalue weighted by Gasteiger charge is -2.46. The molecule has 0 radical (unpaired) electrons. The van der Waals surface area contributed by atoms with Gasteiger partial charge in [0.05, 0.1) is 10.6 Å². The average molecular weight is 391 g/mol. The molecule has 0 aromatic heterocycles. The Morgan fingerprint density at radius 1 is 1.38 bits per heavy atom. The summed E-state index contributed by atoms with van der Waals surface area (Å²) < 4.78 is 0. The number of carbonyl (C=O) groups is 2. The monoisotopic (exact) mass is 390 g/mol. The van der Waals surface area contributed by atoms with Gasteiger partial charge in [-0.2, -0.15) is 0 Å². The van der Waals surface area contributed by atoms with E-state index in [-0.39, 0.29) is 34.4 Å². The molecule has 5 unspecified atom stereocenters. The quantitative estimate of drug-likeness (QED) is 0.610. The zero-order chi connectivity index (χ0) is 18.0. The van der Waals surface area contributed by atoms with E-state index in [9.17, 15) is 9.59 Å². The van der Waals surface area contributed by atoms with E-state index in [4.69, 9.17) is 5.73 Å². The Labute approximate surface area is 158 Å². The van der Waals surface area contributed by atoms with Crippen molar-refractivity contribution in [3.63, 3.8) is 0 Å². The molecule has 1 saturated heterocycles. The Balaban J connectivity index is 1.78. The molecule has 1 heterocycles. The van der Waals surface area contributed by atoms with Crippen LogP contribution in [0.1, 0.15) is 40.0 Å². The molecule has 1 amide bonds. The predicted molar refractivity (Wildman–Crippen MR) is 107 cm³/mol. The van der Waals surface area contributed by atoms with Gasteiger partial charge >= 0.3 is 0 Å². The Kier molecular flexibility index (Phi) is 7.41. The third kappa shape index (κ3) is 4.65. The fourth-order valence-corrected chi connectivity index (χ4v) is 7.00. The molecular weight excluding hydrogens is 360 g/mol. The highest BCUT2D eigenvalue weighted by Crippen LogP contribution is 2.48. The van der Waals surface area contributed by atoms with Crippen LogP contribution in [0, 0.1) is 17.8 Å². The lowest BCUT2D eigenvalue weighted by Crippen LogP contribution is -2.53. The molecule has 24 heavy (non-hydrogen) atoms. The van der Waals surface area contributed by atoms with Crippen LogP contribution in [0.4, 0.5) is 0 Å². The van der Waals surface area contributed by atoms with Gasteiger partial charge in [-0.15, -0.1) is 11.8 Å². The van der Waals surface area contributed by atoms with Gasteiger partial charge in [0.2, 0.25) is 5.91 Å². The molecule has 7 heteroatoms. The zero-order valence-electron chi connectivity index (χ0n) is 15.2. The molecule has 0 aromatic rings. The number of nitrogens with two attached hydrogens (primary N) is 1. The summed E-state index contributed by atoms with van der Waals surface area (Å²) in [6.07, 6.45) is 4.43. The van der Waals surface area contributed by atoms with Crippen molar-refractivity contribution in [1.82, 2.24) is 4.90 Å². The van der Waals surface area contributed by atoms with Crippen LogP contribution < -0.4 is 5.73 Å². The van der Waals surface area contributed by atoms with Gasteiger partial charge in [0, 0.05) is 36.6 Å². The maximum absolute atomic E-state index is 12.5. The molecule has 1 aliphatic heterocycles. The lowest BCUT2D eigenvalue weighted by molar-refractivity contribution is -0.132. The van der Waals surface area contributed by atoms with E-state index < -0.39 is 0 Å². The Morgan fingerprint density at radius 2 is 2.00 bits per heavy atom. The van der Waals surface area contributed by atoms with Gasteiger partial charge in [0.25, 0.3) is 0 Å². The van der Waals surface area contributed by atoms with Crippen molar-refractivity contribution in [2.45, 2.75) is 61.9 Å². The Bertz CT molecular complexity index is 475. The third-order valence-electron chi connectivity index (χ3n) is 5.08. The summed E-state index contributed by atoms with van der Waals surface area (Å²) in [5, 5.41) is 0.667. The van der Waals surface area contributed by atoms with Crippen LogP contribution in [0.25, 0.3) is 0 Å². The number of amides is 1. The number of Topliss-reactive ketones (excluding diaryl/α,β-unsaturated/α-hetero) is 1. The van der Waals surface area contributed by atoms with Gasteiger partial charge in [-0.1, -0.05) is 42.4 Å². The molecule has 2 fully saturated rings. The highest BCUT2D eigenvalue weighted by molar-refractivity contribution is 8.76. The van der Waals surface area contributed by atoms with E-state index in [2.05, 4.69) is 27.0 Å². The number of hydrogen-bond acceptors (Lipinski definition) is 6. The van der Waals surface area contributed by atoms with Crippen molar-refractivity contribution in [2.24, 2.45) is 23.5 Å². The van der Waals surface area contributed by atoms with E-state index in [1.165, 1.54) is 0 Å². The first-order chi connectivity index (χ1) is 11.3. The van der Waals surface area contributed by atoms with Crippen LogP contribution in [0.2, 0.25) is 0 Å². The van der Waals surface area contributed by atoms with Crippen LogP contribution in [0.5, 0.6) is 0 Å². The van der Waals surface area contributed by atoms with Crippen LogP contribution in [-0.4, -0.2) is 51.8 Å². The van der Waals surface area contributed by atoms with E-state index in [0.717, 1.165) is 12.8 Å². The van der Waals surface area contributed by atoms with E-state index >= 15 is 0 Å². The topological polar surface area (TPSA) is 63.4 Å². The molecule has 1 saturated carbocycles. The highest BCUT2D eigenvalue weighted by atomic mass is 33.1. The maximum Gasteiger partial charge on any atom is 0.223 e. The molecular formula is C17H30N2O2S3. The average Bonchev–Trinajstić information content (AvgIpc) is 3.25. The fraction of sp³-hybridized carbons (Fsp3) is 0.882. The first kappa shape index (κ1) is 20.5. The van der Waals surface area contributed by atoms with Crippen molar-refractivity contribution in [1.29, 1.82) is 0 Å². The van der Waals surface area contributed by atoms with Gasteiger partial charge in [-0.25, -0.2) is 0 Å². The number of thioether (sulfide) groups is 1. The van der Waals surface area contributed by atoms with Gasteiger partial charge < -0.3 is 10.6 Å². The van der Waals surface area contributed by atoms with Crippen molar-refractivity contribution < 1.29 is 9.59 Å². The van der Waals surface area contributed by atoms with Crippen LogP contribution in [0.3, 0.4) is 0 Å². The zero-order valence-corrected chi connectivity index (χ0v) is 17.7. The van der Waals surface area contributed by atoms with Crippen LogP contribution in [-0.2, 0) is 9.59 Å². The van der Waals surface area contributed by atoms with E-state index in [1.807, 2.05) is 22.7 Å². The number of rotatable bonds is 9. The minimum atomic E-state index is 0.0271. The predicted octanol–water partition coefficient (Wildman–Crippen LogP) is 3.25. The number of nitrogens with zero attached hydrogens (tertiary/aromatic N) is 1. The Hall–Kier alpha value is 0.150. The molecule has 2 N–H and O–H groups in total. The van der Waals surface area contributed by atoms with Crippen molar-refractivity contribution >= 4 is 45.0 Å². The molecule has 1 aliphatic carbocycles. The molecule has 4 nitrogen and oxygen atoms in total. The normalized spacial score (nSPS) is 33.0. The van der Waals surface area contributed by atoms with Gasteiger partial charge in [-0.05, 0) is 25.0 Å². The summed E-state index contributed by atoms with van der Waals surface area (Å²) in [5.74, 6) is 1.37. The number of hydrogen-bond donors (Lipinski definition) is 1. The molecule has 0 aromatic carbocycles. The van der Waals surface area contributed by atoms with Gasteiger partial charge in [0.1, 0.15) is 0 Å². The summed E-state index contributed by atoms with van der Waals surface area (Å²) in [4.78, 5) is 26.7. The summed E-state index contributed by atoms with van der Waals surface area (Å²) in [6.45, 7) is 6.51. The van der Waals surface area contributed by atoms with Crippen molar-refractivity contribution in [2.75, 3.05) is 13.3 Å². The first-order valence-corrected chi connectivity index (χ1v) is 12.2. The fourth-order valence-electron chi connectivity index (χ4n) is 3.18. The Morgan fingerprint density at radius 3 is 2.46 bits per heavy atom. The number of carbonyl (C=O) groups excluding carboxylic acids is 2. The summed E-state index contributed by atoms with van der Waals surface area (Å²) in [5.41, 5.74) is 5.79. The largest absolute Gasteiger partial charge is 0.333 e. The number of ketones is 1. The van der Waals surface area contributed by atoms with E-state index in [1.54, 1.807) is 22.6 Å². The second-order valence-corrected chi connectivity index (χ2v) is 11.3. The minimum Gasteiger partial charge on any atom is -0.333 e. The maximum atomic E-state index is 12.5. The van der Waals surface area contributed by atoms with Crippen molar-refractivity contribution in [3.05, 3.63) is 0 Å². The molecule has 2 rings (SSSR count). The standard InChI is InChI=1S/C17H30N2O2S3/c1-9(2)13(24-22-5)6-7-14(20)19(4)17-10(3)16(23-17)15(21)11-8-12(11)18/h9-13,16-17H,6-8,18H2,1-5H3/t10-,11?,12?,13?,16?,17?/m0/s1. The van der Waals surface area contributed by atoms with Crippen LogP contribution in [0.15, 0.2) is 0 Å². The highest BCUT2D eigenvalue weighted by Gasteiger charge is 2.52. The third-order valence-corrected chi connectivity index (χ3v) is 9.60. The summed E-state index contributed by atoms with van der Waals surface area (Å²) in [7, 11) is 5.52. The second kappa shape index (κ2) is 8.69. The first-order valence-electron chi connectivity index (χ1n) is 8.67. The second-order valence-electron chi connectivity index (χ2n) is 7.30. The van der Waals surface area contributed by atoms with Crippen molar-refractivity contribution in [3.8, 4) is 0 Å². The summed E-state index contributed by atoms with van der Waals surface area (Å²) in [6, 6.07) is 0.0746. The molecule has 6 atom stereocenters. The molecule has 0 bridgehead atoms. The summed E-state index contributed by atoms with van der Waals surface area (Å²) >= 11 is 1.64. The smallest absolute Gasteiger partial charge is 0.223 e. The van der Waals surface area contributed by atoms with E-state index in [0.29, 0.717) is 23.4 Å². The van der Waals surface area contributed by atoms with Gasteiger partial charge in [-0.3, -0.25) is 9.59 Å². The SMILES string of the molecule is CSSC(CCC(=O)N(C)C1SC(C(=O)C2CC2N)[C@@H]1C)C(C)C. The molecule has 2 aliphatic rings. The van der Waals surface area contributed by atoms with Crippen LogP contribution >= 0.6 is 33.3 Å². The van der Waals surface area contributed by atoms with Gasteiger partial charge in [0.15, 0.2) is 5.78 Å². The molecule has 138 valence electrons. The minimum absolute atomic E-state index is 0.0271. The molecule has 0 spiro atoms. The lowest BCUT2D eigenvalue weighted by atomic mass is 9.98.